The van der Waals surface area contributed by atoms with Gasteiger partial charge in [0.25, 0.3) is 5.91 Å². The molecule has 1 aromatic heterocycles. The van der Waals surface area contributed by atoms with Gasteiger partial charge in [-0.3, -0.25) is 9.59 Å². The number of piperidine rings is 1. The minimum atomic E-state index is -0.120. The highest BCUT2D eigenvalue weighted by atomic mass is 16.3. The second kappa shape index (κ2) is 9.97. The number of oxazole rings is 1. The molecule has 0 saturated carbocycles. The van der Waals surface area contributed by atoms with Gasteiger partial charge in [-0.25, -0.2) is 4.98 Å². The van der Waals surface area contributed by atoms with Gasteiger partial charge in [0.2, 0.25) is 11.8 Å². The van der Waals surface area contributed by atoms with Crippen LogP contribution in [0, 0.1) is 25.7 Å². The standard InChI is InChI=1S/C30H31N3O3/c1-19-9-10-20(2)25(17-19)31-28(34)21(3)22-13-15-33(16-14-22)30(35)24-11-12-27-26(18-24)32-29(36-27)23-7-5-4-6-8-23/h4-12,17-18,21-22H,13-16H2,1-3H3,(H,31,34)/t21-/m0/s1. The Balaban J connectivity index is 1.21. The van der Waals surface area contributed by atoms with Crippen molar-refractivity contribution in [3.05, 3.63) is 83.4 Å². The normalized spacial score (nSPS) is 15.1. The Labute approximate surface area is 211 Å². The monoisotopic (exact) mass is 481 g/mol. The van der Waals surface area contributed by atoms with Crippen LogP contribution in [-0.4, -0.2) is 34.8 Å². The quantitative estimate of drug-likeness (QED) is 0.366. The number of hydrogen-bond acceptors (Lipinski definition) is 4. The van der Waals surface area contributed by atoms with Gasteiger partial charge in [-0.15, -0.1) is 0 Å². The summed E-state index contributed by atoms with van der Waals surface area (Å²) in [6.45, 7) is 7.29. The Kier molecular flexibility index (Phi) is 6.59. The summed E-state index contributed by atoms with van der Waals surface area (Å²) in [5, 5.41) is 3.10. The van der Waals surface area contributed by atoms with E-state index in [1.807, 2.05) is 80.3 Å². The van der Waals surface area contributed by atoms with E-state index in [2.05, 4.69) is 10.3 Å². The Hall–Kier alpha value is -3.93. The highest BCUT2D eigenvalue weighted by Crippen LogP contribution is 2.29. The van der Waals surface area contributed by atoms with Crippen LogP contribution in [0.1, 0.15) is 41.3 Å². The predicted octanol–water partition coefficient (Wildman–Crippen LogP) is 6.24. The molecule has 1 atom stereocenters. The molecule has 2 amide bonds. The number of carbonyl (C=O) groups excluding carboxylic acids is 2. The second-order valence-corrected chi connectivity index (χ2v) is 9.79. The van der Waals surface area contributed by atoms with E-state index in [1.54, 1.807) is 12.1 Å². The van der Waals surface area contributed by atoms with Crippen molar-refractivity contribution in [3.63, 3.8) is 0 Å². The second-order valence-electron chi connectivity index (χ2n) is 9.79. The SMILES string of the molecule is Cc1ccc(C)c(NC(=O)[C@@H](C)C2CCN(C(=O)c3ccc4oc(-c5ccccc5)nc4c3)CC2)c1. The molecule has 1 saturated heterocycles. The van der Waals surface area contributed by atoms with E-state index in [1.165, 1.54) is 0 Å². The van der Waals surface area contributed by atoms with E-state index < -0.39 is 0 Å². The largest absolute Gasteiger partial charge is 0.436 e. The molecular weight excluding hydrogens is 450 g/mol. The van der Waals surface area contributed by atoms with Gasteiger partial charge in [0.15, 0.2) is 5.58 Å². The molecule has 0 spiro atoms. The molecule has 1 fully saturated rings. The van der Waals surface area contributed by atoms with Gasteiger partial charge < -0.3 is 14.6 Å². The first-order chi connectivity index (χ1) is 17.4. The minimum Gasteiger partial charge on any atom is -0.436 e. The van der Waals surface area contributed by atoms with Crippen molar-refractivity contribution in [1.82, 2.24) is 9.88 Å². The molecule has 1 N–H and O–H groups in total. The molecular formula is C30H31N3O3. The number of benzene rings is 3. The molecule has 2 heterocycles. The molecule has 4 aromatic rings. The summed E-state index contributed by atoms with van der Waals surface area (Å²) in [4.78, 5) is 32.6. The lowest BCUT2D eigenvalue weighted by Gasteiger charge is -2.34. The number of aromatic nitrogens is 1. The lowest BCUT2D eigenvalue weighted by Crippen LogP contribution is -2.41. The number of likely N-dealkylation sites (tertiary alicyclic amines) is 1. The molecule has 3 aromatic carbocycles. The third kappa shape index (κ3) is 4.89. The zero-order valence-corrected chi connectivity index (χ0v) is 21.0. The van der Waals surface area contributed by atoms with Crippen molar-refractivity contribution in [3.8, 4) is 11.5 Å². The molecule has 5 rings (SSSR count). The predicted molar refractivity (Wildman–Crippen MR) is 142 cm³/mol. The van der Waals surface area contributed by atoms with Gasteiger partial charge >= 0.3 is 0 Å². The number of carbonyl (C=O) groups is 2. The Morgan fingerprint density at radius 1 is 1.00 bits per heavy atom. The van der Waals surface area contributed by atoms with Crippen LogP contribution in [0.3, 0.4) is 0 Å². The smallest absolute Gasteiger partial charge is 0.253 e. The average Bonchev–Trinajstić information content (AvgIpc) is 3.34. The van der Waals surface area contributed by atoms with E-state index in [9.17, 15) is 9.59 Å². The van der Waals surface area contributed by atoms with E-state index in [-0.39, 0.29) is 23.7 Å². The fourth-order valence-electron chi connectivity index (χ4n) is 4.88. The molecule has 0 radical (unpaired) electrons. The molecule has 6 nitrogen and oxygen atoms in total. The molecule has 36 heavy (non-hydrogen) atoms. The van der Waals surface area contributed by atoms with Crippen molar-refractivity contribution < 1.29 is 14.0 Å². The summed E-state index contributed by atoms with van der Waals surface area (Å²) in [5.74, 6) is 0.700. The van der Waals surface area contributed by atoms with Gasteiger partial charge in [0.1, 0.15) is 5.52 Å². The van der Waals surface area contributed by atoms with Gasteiger partial charge in [-0.1, -0.05) is 37.3 Å². The Bertz CT molecular complexity index is 1400. The number of nitrogens with one attached hydrogen (secondary N) is 1. The van der Waals surface area contributed by atoms with Gasteiger partial charge in [0, 0.05) is 35.8 Å². The van der Waals surface area contributed by atoms with Crippen LogP contribution in [0.4, 0.5) is 5.69 Å². The van der Waals surface area contributed by atoms with Crippen molar-refractivity contribution >= 4 is 28.6 Å². The zero-order valence-electron chi connectivity index (χ0n) is 21.0. The Morgan fingerprint density at radius 3 is 2.50 bits per heavy atom. The first kappa shape index (κ1) is 23.8. The molecule has 184 valence electrons. The van der Waals surface area contributed by atoms with Crippen LogP contribution >= 0.6 is 0 Å². The summed E-state index contributed by atoms with van der Waals surface area (Å²) in [7, 11) is 0. The van der Waals surface area contributed by atoms with E-state index in [0.717, 1.165) is 35.2 Å². The lowest BCUT2D eigenvalue weighted by molar-refractivity contribution is -0.121. The fourth-order valence-corrected chi connectivity index (χ4v) is 4.88. The molecule has 0 bridgehead atoms. The fraction of sp³-hybridized carbons (Fsp3) is 0.300. The molecule has 1 aliphatic rings. The number of aryl methyl sites for hydroxylation is 2. The maximum absolute atomic E-state index is 13.2. The van der Waals surface area contributed by atoms with Crippen LogP contribution in [0.2, 0.25) is 0 Å². The lowest BCUT2D eigenvalue weighted by atomic mass is 9.84. The van der Waals surface area contributed by atoms with Crippen molar-refractivity contribution in [1.29, 1.82) is 0 Å². The summed E-state index contributed by atoms with van der Waals surface area (Å²) < 4.78 is 5.88. The van der Waals surface area contributed by atoms with Gasteiger partial charge in [-0.2, -0.15) is 0 Å². The van der Waals surface area contributed by atoms with Gasteiger partial charge in [0.05, 0.1) is 0 Å². The first-order valence-electron chi connectivity index (χ1n) is 12.5. The van der Waals surface area contributed by atoms with E-state index >= 15 is 0 Å². The third-order valence-electron chi connectivity index (χ3n) is 7.25. The minimum absolute atomic E-state index is 0.00731. The molecule has 1 aliphatic heterocycles. The van der Waals surface area contributed by atoms with Crippen LogP contribution in [0.5, 0.6) is 0 Å². The van der Waals surface area contributed by atoms with Crippen molar-refractivity contribution in [2.45, 2.75) is 33.6 Å². The molecule has 0 aliphatic carbocycles. The van der Waals surface area contributed by atoms with Crippen LogP contribution in [0.15, 0.2) is 71.1 Å². The highest BCUT2D eigenvalue weighted by molar-refractivity contribution is 5.97. The number of amides is 2. The number of rotatable bonds is 5. The number of anilines is 1. The number of nitrogens with zero attached hydrogens (tertiary/aromatic N) is 2. The van der Waals surface area contributed by atoms with E-state index in [4.69, 9.17) is 4.42 Å². The molecule has 6 heteroatoms. The van der Waals surface area contributed by atoms with Crippen molar-refractivity contribution in [2.24, 2.45) is 11.8 Å². The number of hydrogen-bond donors (Lipinski definition) is 1. The summed E-state index contributed by atoms with van der Waals surface area (Å²) in [6, 6.07) is 21.2. The Morgan fingerprint density at radius 2 is 1.75 bits per heavy atom. The zero-order chi connectivity index (χ0) is 25.2. The maximum atomic E-state index is 13.2. The topological polar surface area (TPSA) is 75.4 Å². The molecule has 0 unspecified atom stereocenters. The van der Waals surface area contributed by atoms with Gasteiger partial charge in [-0.05, 0) is 80.1 Å². The van der Waals surface area contributed by atoms with E-state index in [0.29, 0.717) is 35.6 Å². The number of fused-ring (bicyclic) bond motifs is 1. The summed E-state index contributed by atoms with van der Waals surface area (Å²) in [6.07, 6.45) is 1.61. The van der Waals surface area contributed by atoms with Crippen LogP contribution in [-0.2, 0) is 4.79 Å². The van der Waals surface area contributed by atoms with Crippen molar-refractivity contribution in [2.75, 3.05) is 18.4 Å². The maximum Gasteiger partial charge on any atom is 0.253 e. The van der Waals surface area contributed by atoms with Crippen LogP contribution in [0.25, 0.3) is 22.6 Å². The third-order valence-corrected chi connectivity index (χ3v) is 7.25. The summed E-state index contributed by atoms with van der Waals surface area (Å²) >= 11 is 0. The summed E-state index contributed by atoms with van der Waals surface area (Å²) in [5.41, 5.74) is 5.89. The first-order valence-corrected chi connectivity index (χ1v) is 12.5. The highest BCUT2D eigenvalue weighted by Gasteiger charge is 2.30. The average molecular weight is 482 g/mol. The van der Waals surface area contributed by atoms with Crippen LogP contribution < -0.4 is 5.32 Å².